The largest absolute Gasteiger partial charge is 0.321 e. The first-order valence-corrected chi connectivity index (χ1v) is 9.36. The standard InChI is InChI=1S/C24H22N2O/c1-3-16(2)17-12-14-18(15-13-17)24(27)26-23-19-8-4-6-10-21(19)25-22-11-7-5-9-20(22)23/h4-16H,3H2,1-2H3,(H,25,26,27). The Hall–Kier alpha value is -3.20. The van der Waals surface area contributed by atoms with Crippen LogP contribution in [0.3, 0.4) is 0 Å². The van der Waals surface area contributed by atoms with Crippen molar-refractivity contribution in [1.29, 1.82) is 0 Å². The number of anilines is 1. The third-order valence-electron chi connectivity index (χ3n) is 5.18. The Balaban J connectivity index is 1.74. The summed E-state index contributed by atoms with van der Waals surface area (Å²) in [7, 11) is 0. The molecule has 0 bridgehead atoms. The third kappa shape index (κ3) is 3.28. The number of carbonyl (C=O) groups excluding carboxylic acids is 1. The van der Waals surface area contributed by atoms with Crippen LogP contribution in [0, 0.1) is 0 Å². The quantitative estimate of drug-likeness (QED) is 0.446. The molecule has 0 fully saturated rings. The predicted molar refractivity (Wildman–Crippen MR) is 112 cm³/mol. The van der Waals surface area contributed by atoms with Gasteiger partial charge >= 0.3 is 0 Å². The first-order valence-electron chi connectivity index (χ1n) is 9.36. The van der Waals surface area contributed by atoms with Gasteiger partial charge in [-0.15, -0.1) is 0 Å². The number of fused-ring (bicyclic) bond motifs is 2. The van der Waals surface area contributed by atoms with E-state index in [1.807, 2.05) is 72.8 Å². The van der Waals surface area contributed by atoms with Crippen LogP contribution in [0.15, 0.2) is 72.8 Å². The Labute approximate surface area is 159 Å². The number of nitrogens with zero attached hydrogens (tertiary/aromatic N) is 1. The number of pyridine rings is 1. The van der Waals surface area contributed by atoms with Gasteiger partial charge in [-0.3, -0.25) is 4.79 Å². The highest BCUT2D eigenvalue weighted by Gasteiger charge is 2.13. The Morgan fingerprint density at radius 2 is 1.44 bits per heavy atom. The molecule has 0 saturated carbocycles. The molecule has 3 heteroatoms. The summed E-state index contributed by atoms with van der Waals surface area (Å²) in [6.07, 6.45) is 1.08. The summed E-state index contributed by atoms with van der Waals surface area (Å²) in [5.41, 5.74) is 4.48. The van der Waals surface area contributed by atoms with Gasteiger partial charge in [-0.1, -0.05) is 62.4 Å². The molecule has 1 N–H and O–H groups in total. The summed E-state index contributed by atoms with van der Waals surface area (Å²) in [5.74, 6) is 0.391. The van der Waals surface area contributed by atoms with Gasteiger partial charge in [0.25, 0.3) is 5.91 Å². The van der Waals surface area contributed by atoms with E-state index in [0.717, 1.165) is 33.9 Å². The van der Waals surface area contributed by atoms with Gasteiger partial charge in [0.05, 0.1) is 16.7 Å². The van der Waals surface area contributed by atoms with Crippen LogP contribution in [0.2, 0.25) is 0 Å². The molecule has 4 rings (SSSR count). The van der Waals surface area contributed by atoms with Gasteiger partial charge in [-0.2, -0.15) is 0 Å². The number of carbonyl (C=O) groups is 1. The predicted octanol–water partition coefficient (Wildman–Crippen LogP) is 6.15. The molecule has 3 aromatic carbocycles. The van der Waals surface area contributed by atoms with E-state index in [1.165, 1.54) is 5.56 Å². The van der Waals surface area contributed by atoms with E-state index in [1.54, 1.807) is 0 Å². The molecule has 134 valence electrons. The lowest BCUT2D eigenvalue weighted by atomic mass is 9.97. The first kappa shape index (κ1) is 17.2. The fourth-order valence-electron chi connectivity index (χ4n) is 3.36. The number of amides is 1. The van der Waals surface area contributed by atoms with E-state index in [4.69, 9.17) is 4.98 Å². The lowest BCUT2D eigenvalue weighted by molar-refractivity contribution is 0.102. The van der Waals surface area contributed by atoms with Crippen molar-refractivity contribution < 1.29 is 4.79 Å². The number of aromatic nitrogens is 1. The van der Waals surface area contributed by atoms with Crippen molar-refractivity contribution in [3.05, 3.63) is 83.9 Å². The van der Waals surface area contributed by atoms with Crippen molar-refractivity contribution in [1.82, 2.24) is 4.98 Å². The van der Waals surface area contributed by atoms with Crippen LogP contribution in [0.5, 0.6) is 0 Å². The Morgan fingerprint density at radius 3 is 2.00 bits per heavy atom. The van der Waals surface area contributed by atoms with Crippen molar-refractivity contribution >= 4 is 33.4 Å². The molecule has 3 nitrogen and oxygen atoms in total. The van der Waals surface area contributed by atoms with Crippen LogP contribution in [-0.2, 0) is 0 Å². The number of hydrogen-bond acceptors (Lipinski definition) is 2. The third-order valence-corrected chi connectivity index (χ3v) is 5.18. The maximum atomic E-state index is 12.9. The van der Waals surface area contributed by atoms with Crippen molar-refractivity contribution in [2.75, 3.05) is 5.32 Å². The highest BCUT2D eigenvalue weighted by molar-refractivity contribution is 6.16. The van der Waals surface area contributed by atoms with Crippen molar-refractivity contribution in [3.8, 4) is 0 Å². The van der Waals surface area contributed by atoms with Gasteiger partial charge < -0.3 is 5.32 Å². The summed E-state index contributed by atoms with van der Waals surface area (Å²) < 4.78 is 0. The van der Waals surface area contributed by atoms with Gasteiger partial charge in [0.1, 0.15) is 0 Å². The molecule has 1 aromatic heterocycles. The molecule has 0 aliphatic carbocycles. The van der Waals surface area contributed by atoms with E-state index in [0.29, 0.717) is 11.5 Å². The molecular weight excluding hydrogens is 332 g/mol. The Bertz CT molecular complexity index is 1060. The van der Waals surface area contributed by atoms with Gasteiger partial charge in [0.15, 0.2) is 0 Å². The molecule has 1 atom stereocenters. The molecule has 0 radical (unpaired) electrons. The molecule has 1 heterocycles. The maximum absolute atomic E-state index is 12.9. The fourth-order valence-corrected chi connectivity index (χ4v) is 3.36. The van der Waals surface area contributed by atoms with Crippen LogP contribution in [0.25, 0.3) is 21.8 Å². The topological polar surface area (TPSA) is 42.0 Å². The maximum Gasteiger partial charge on any atom is 0.255 e. The van der Waals surface area contributed by atoms with Crippen molar-refractivity contribution in [3.63, 3.8) is 0 Å². The summed E-state index contributed by atoms with van der Waals surface area (Å²) in [4.78, 5) is 17.6. The van der Waals surface area contributed by atoms with Gasteiger partial charge in [-0.05, 0) is 42.2 Å². The lowest BCUT2D eigenvalue weighted by Gasteiger charge is -2.13. The molecule has 1 amide bonds. The number of para-hydroxylation sites is 2. The second-order valence-electron chi connectivity index (χ2n) is 6.91. The van der Waals surface area contributed by atoms with Gasteiger partial charge in [-0.25, -0.2) is 4.98 Å². The zero-order valence-corrected chi connectivity index (χ0v) is 15.6. The van der Waals surface area contributed by atoms with Crippen molar-refractivity contribution in [2.45, 2.75) is 26.2 Å². The summed E-state index contributed by atoms with van der Waals surface area (Å²) in [5, 5.41) is 5.02. The normalized spacial score (nSPS) is 12.2. The Kier molecular flexibility index (Phi) is 4.59. The average molecular weight is 354 g/mol. The molecule has 0 aliphatic heterocycles. The number of benzene rings is 3. The highest BCUT2D eigenvalue weighted by Crippen LogP contribution is 2.31. The summed E-state index contributed by atoms with van der Waals surface area (Å²) in [6, 6.07) is 23.7. The SMILES string of the molecule is CCC(C)c1ccc(C(=O)Nc2c3ccccc3nc3ccccc23)cc1. The zero-order valence-electron chi connectivity index (χ0n) is 15.6. The number of nitrogens with one attached hydrogen (secondary N) is 1. The Morgan fingerprint density at radius 1 is 0.889 bits per heavy atom. The molecule has 0 aliphatic rings. The van der Waals surface area contributed by atoms with Gasteiger partial charge in [0, 0.05) is 16.3 Å². The van der Waals surface area contributed by atoms with E-state index < -0.39 is 0 Å². The van der Waals surface area contributed by atoms with E-state index in [-0.39, 0.29) is 5.91 Å². The van der Waals surface area contributed by atoms with Crippen LogP contribution < -0.4 is 5.32 Å². The summed E-state index contributed by atoms with van der Waals surface area (Å²) >= 11 is 0. The lowest BCUT2D eigenvalue weighted by Crippen LogP contribution is -2.13. The second-order valence-corrected chi connectivity index (χ2v) is 6.91. The molecule has 1 unspecified atom stereocenters. The minimum atomic E-state index is -0.104. The molecular formula is C24H22N2O. The molecule has 0 saturated heterocycles. The van der Waals surface area contributed by atoms with Crippen LogP contribution in [0.4, 0.5) is 5.69 Å². The van der Waals surface area contributed by atoms with Gasteiger partial charge in [0.2, 0.25) is 0 Å². The van der Waals surface area contributed by atoms with Crippen LogP contribution >= 0.6 is 0 Å². The fraction of sp³-hybridized carbons (Fsp3) is 0.167. The molecule has 4 aromatic rings. The average Bonchev–Trinajstić information content (AvgIpc) is 2.73. The van der Waals surface area contributed by atoms with E-state index in [9.17, 15) is 4.79 Å². The van der Waals surface area contributed by atoms with Crippen LogP contribution in [0.1, 0.15) is 42.1 Å². The van der Waals surface area contributed by atoms with Crippen molar-refractivity contribution in [2.24, 2.45) is 0 Å². The monoisotopic (exact) mass is 354 g/mol. The zero-order chi connectivity index (χ0) is 18.8. The highest BCUT2D eigenvalue weighted by atomic mass is 16.1. The minimum absolute atomic E-state index is 0.104. The number of rotatable bonds is 4. The number of hydrogen-bond donors (Lipinski definition) is 1. The van der Waals surface area contributed by atoms with E-state index in [2.05, 4.69) is 19.2 Å². The van der Waals surface area contributed by atoms with Crippen LogP contribution in [-0.4, -0.2) is 10.9 Å². The second kappa shape index (κ2) is 7.20. The van der Waals surface area contributed by atoms with E-state index >= 15 is 0 Å². The summed E-state index contributed by atoms with van der Waals surface area (Å²) in [6.45, 7) is 4.37. The smallest absolute Gasteiger partial charge is 0.255 e. The minimum Gasteiger partial charge on any atom is -0.321 e. The first-order chi connectivity index (χ1) is 13.2. The molecule has 27 heavy (non-hydrogen) atoms. The molecule has 0 spiro atoms.